The second kappa shape index (κ2) is 12.2. The summed E-state index contributed by atoms with van der Waals surface area (Å²) < 4.78 is 4.94. The molecule has 11 aromatic rings. The molecule has 0 N–H and O–H groups in total. The van der Waals surface area contributed by atoms with Gasteiger partial charge in [-0.15, -0.1) is 0 Å². The minimum atomic E-state index is 1.14. The van der Waals surface area contributed by atoms with Crippen LogP contribution in [0.1, 0.15) is 0 Å². The van der Waals surface area contributed by atoms with Gasteiger partial charge in [-0.2, -0.15) is 0 Å². The Morgan fingerprint density at radius 1 is 0.259 bits per heavy atom. The number of benzene rings is 9. The molecule has 2 heterocycles. The molecule has 0 amide bonds. The molecule has 9 aromatic carbocycles. The Hall–Kier alpha value is -7.16. The number of fused-ring (bicyclic) bond motifs is 9. The van der Waals surface area contributed by atoms with E-state index in [1.54, 1.807) is 0 Å². The lowest BCUT2D eigenvalue weighted by molar-refractivity contribution is 1.18. The zero-order valence-corrected chi connectivity index (χ0v) is 29.5. The van der Waals surface area contributed by atoms with Crippen LogP contribution in [0.4, 0.5) is 0 Å². The van der Waals surface area contributed by atoms with Crippen LogP contribution in [-0.4, -0.2) is 9.13 Å². The molecule has 0 saturated carbocycles. The van der Waals surface area contributed by atoms with Crippen LogP contribution in [-0.2, 0) is 0 Å². The zero-order chi connectivity index (χ0) is 35.6. The van der Waals surface area contributed by atoms with E-state index in [0.717, 1.165) is 11.4 Å². The number of nitrogens with zero attached hydrogens (tertiary/aromatic N) is 2. The van der Waals surface area contributed by atoms with Gasteiger partial charge in [0, 0.05) is 38.3 Å². The standard InChI is InChI=1S/C52H34N2/c1-4-14-35(15-5-1)39-32-40(36-16-6-2-7-17-36)34-41(33-39)37-24-27-43(28-25-37)53-48-23-13-12-22-45(48)46-30-31-49-50(52(46)53)47-29-26-38-18-10-11-21-44(38)51(47)54(49)42-19-8-3-9-20-42/h1-34H. The summed E-state index contributed by atoms with van der Waals surface area (Å²) in [5.41, 5.74) is 14.4. The largest absolute Gasteiger partial charge is 0.309 e. The van der Waals surface area contributed by atoms with Crippen molar-refractivity contribution in [3.8, 4) is 44.8 Å². The van der Waals surface area contributed by atoms with Crippen molar-refractivity contribution in [1.82, 2.24) is 9.13 Å². The molecule has 54 heavy (non-hydrogen) atoms. The Labute approximate surface area is 313 Å². The highest BCUT2D eigenvalue weighted by Gasteiger charge is 2.22. The van der Waals surface area contributed by atoms with Crippen molar-refractivity contribution in [2.75, 3.05) is 0 Å². The molecule has 0 radical (unpaired) electrons. The Kier molecular flexibility index (Phi) is 6.90. The van der Waals surface area contributed by atoms with E-state index in [4.69, 9.17) is 0 Å². The van der Waals surface area contributed by atoms with Gasteiger partial charge < -0.3 is 9.13 Å². The minimum Gasteiger partial charge on any atom is -0.309 e. The van der Waals surface area contributed by atoms with Gasteiger partial charge in [-0.1, -0.05) is 152 Å². The fourth-order valence-corrected chi connectivity index (χ4v) is 8.62. The average Bonchev–Trinajstić information content (AvgIpc) is 3.78. The van der Waals surface area contributed by atoms with Crippen molar-refractivity contribution in [1.29, 1.82) is 0 Å². The quantitative estimate of drug-likeness (QED) is 0.171. The first-order valence-electron chi connectivity index (χ1n) is 18.6. The number of para-hydroxylation sites is 2. The van der Waals surface area contributed by atoms with Crippen LogP contribution in [0.5, 0.6) is 0 Å². The van der Waals surface area contributed by atoms with E-state index in [9.17, 15) is 0 Å². The fourth-order valence-electron chi connectivity index (χ4n) is 8.62. The second-order valence-corrected chi connectivity index (χ2v) is 14.1. The molecule has 0 aliphatic rings. The van der Waals surface area contributed by atoms with Gasteiger partial charge in [0.15, 0.2) is 0 Å². The first-order valence-corrected chi connectivity index (χ1v) is 18.6. The number of hydrogen-bond acceptors (Lipinski definition) is 0. The average molecular weight is 687 g/mol. The van der Waals surface area contributed by atoms with Crippen LogP contribution in [0.2, 0.25) is 0 Å². The molecule has 0 atom stereocenters. The van der Waals surface area contributed by atoms with Crippen molar-refractivity contribution < 1.29 is 0 Å². The van der Waals surface area contributed by atoms with E-state index in [1.165, 1.54) is 87.8 Å². The zero-order valence-electron chi connectivity index (χ0n) is 29.5. The van der Waals surface area contributed by atoms with Crippen LogP contribution in [0.3, 0.4) is 0 Å². The summed E-state index contributed by atoms with van der Waals surface area (Å²) in [6, 6.07) is 75.1. The van der Waals surface area contributed by atoms with Gasteiger partial charge in [-0.25, -0.2) is 0 Å². The molecule has 252 valence electrons. The summed E-state index contributed by atoms with van der Waals surface area (Å²) in [6.45, 7) is 0. The smallest absolute Gasteiger partial charge is 0.0641 e. The SMILES string of the molecule is c1ccc(-c2cc(-c3ccccc3)cc(-c3ccc(-n4c5ccccc5c5ccc6c(c7ccc8ccccc8c7n6-c6ccccc6)c54)cc3)c2)cc1. The van der Waals surface area contributed by atoms with Crippen LogP contribution in [0.25, 0.3) is 99.1 Å². The van der Waals surface area contributed by atoms with Gasteiger partial charge in [0.05, 0.1) is 22.1 Å². The van der Waals surface area contributed by atoms with E-state index in [1.807, 2.05) is 0 Å². The van der Waals surface area contributed by atoms with Crippen LogP contribution in [0.15, 0.2) is 206 Å². The van der Waals surface area contributed by atoms with Gasteiger partial charge in [-0.3, -0.25) is 0 Å². The van der Waals surface area contributed by atoms with Crippen LogP contribution >= 0.6 is 0 Å². The van der Waals surface area contributed by atoms with Crippen molar-refractivity contribution in [2.45, 2.75) is 0 Å². The maximum atomic E-state index is 2.48. The molecular formula is C52H34N2. The van der Waals surface area contributed by atoms with Gasteiger partial charge in [0.2, 0.25) is 0 Å². The third-order valence-corrected chi connectivity index (χ3v) is 11.1. The third-order valence-electron chi connectivity index (χ3n) is 11.1. The highest BCUT2D eigenvalue weighted by molar-refractivity contribution is 6.29. The molecule has 2 aromatic heterocycles. The second-order valence-electron chi connectivity index (χ2n) is 14.1. The predicted octanol–water partition coefficient (Wildman–Crippen LogP) is 14.0. The Morgan fingerprint density at radius 3 is 1.43 bits per heavy atom. The van der Waals surface area contributed by atoms with Gasteiger partial charge in [-0.05, 0) is 93.4 Å². The maximum Gasteiger partial charge on any atom is 0.0641 e. The highest BCUT2D eigenvalue weighted by atomic mass is 15.0. The number of aromatic nitrogens is 2. The lowest BCUT2D eigenvalue weighted by Gasteiger charge is -2.13. The maximum absolute atomic E-state index is 2.48. The molecule has 0 bridgehead atoms. The van der Waals surface area contributed by atoms with E-state index in [0.29, 0.717) is 0 Å². The first-order chi connectivity index (χ1) is 26.8. The molecule has 0 aliphatic carbocycles. The topological polar surface area (TPSA) is 9.86 Å². The predicted molar refractivity (Wildman–Crippen MR) is 229 cm³/mol. The summed E-state index contributed by atoms with van der Waals surface area (Å²) in [5.74, 6) is 0. The summed E-state index contributed by atoms with van der Waals surface area (Å²) >= 11 is 0. The van der Waals surface area contributed by atoms with E-state index < -0.39 is 0 Å². The first kappa shape index (κ1) is 30.5. The molecule has 2 heteroatoms. The molecular weight excluding hydrogens is 653 g/mol. The van der Waals surface area contributed by atoms with Gasteiger partial charge >= 0.3 is 0 Å². The van der Waals surface area contributed by atoms with Gasteiger partial charge in [0.25, 0.3) is 0 Å². The minimum absolute atomic E-state index is 1.14. The van der Waals surface area contributed by atoms with Gasteiger partial charge in [0.1, 0.15) is 0 Å². The molecule has 0 saturated heterocycles. The van der Waals surface area contributed by atoms with Crippen molar-refractivity contribution in [2.24, 2.45) is 0 Å². The normalized spacial score (nSPS) is 11.7. The Bertz CT molecular complexity index is 3110. The number of hydrogen-bond donors (Lipinski definition) is 0. The lowest BCUT2D eigenvalue weighted by atomic mass is 9.93. The van der Waals surface area contributed by atoms with Crippen LogP contribution < -0.4 is 0 Å². The monoisotopic (exact) mass is 686 g/mol. The molecule has 0 unspecified atom stereocenters. The highest BCUT2D eigenvalue weighted by Crippen LogP contribution is 2.44. The van der Waals surface area contributed by atoms with Crippen molar-refractivity contribution in [3.63, 3.8) is 0 Å². The van der Waals surface area contributed by atoms with E-state index in [2.05, 4.69) is 215 Å². The van der Waals surface area contributed by atoms with Crippen LogP contribution in [0, 0.1) is 0 Å². The fraction of sp³-hybridized carbons (Fsp3) is 0. The Balaban J connectivity index is 1.16. The summed E-state index contributed by atoms with van der Waals surface area (Å²) in [6.07, 6.45) is 0. The Morgan fingerprint density at radius 2 is 0.759 bits per heavy atom. The molecule has 0 fully saturated rings. The molecule has 0 spiro atoms. The lowest BCUT2D eigenvalue weighted by Crippen LogP contribution is -1.95. The summed E-state index contributed by atoms with van der Waals surface area (Å²) in [7, 11) is 0. The molecule has 11 rings (SSSR count). The summed E-state index contributed by atoms with van der Waals surface area (Å²) in [5, 5.41) is 7.52. The van der Waals surface area contributed by atoms with E-state index >= 15 is 0 Å². The molecule has 0 aliphatic heterocycles. The number of rotatable bonds is 5. The van der Waals surface area contributed by atoms with Crippen molar-refractivity contribution in [3.05, 3.63) is 206 Å². The van der Waals surface area contributed by atoms with Crippen molar-refractivity contribution >= 4 is 54.4 Å². The summed E-state index contributed by atoms with van der Waals surface area (Å²) in [4.78, 5) is 0. The van der Waals surface area contributed by atoms with E-state index in [-0.39, 0.29) is 0 Å². The molecule has 2 nitrogen and oxygen atoms in total. The third kappa shape index (κ3) is 4.74.